The van der Waals surface area contributed by atoms with E-state index in [4.69, 9.17) is 0 Å². The van der Waals surface area contributed by atoms with Crippen LogP contribution in [-0.2, 0) is 4.79 Å². The van der Waals surface area contributed by atoms with Crippen LogP contribution < -0.4 is 0 Å². The first-order valence-electron chi connectivity index (χ1n) is 5.90. The number of hydrogen-bond acceptors (Lipinski definition) is 1. The quantitative estimate of drug-likeness (QED) is 0.589. The van der Waals surface area contributed by atoms with Crippen LogP contribution in [0.1, 0.15) is 39.5 Å². The first-order chi connectivity index (χ1) is 6.96. The molecule has 1 unspecified atom stereocenters. The van der Waals surface area contributed by atoms with Crippen molar-refractivity contribution < 1.29 is 4.79 Å². The SMILES string of the molecule is C=C1C2=CC(=O)CC(C)(C)[C@]23CCC1C3. The third kappa shape index (κ3) is 0.920. The van der Waals surface area contributed by atoms with Crippen LogP contribution in [0.2, 0.25) is 0 Å². The lowest BCUT2D eigenvalue weighted by molar-refractivity contribution is -0.119. The Morgan fingerprint density at radius 3 is 2.93 bits per heavy atom. The van der Waals surface area contributed by atoms with E-state index < -0.39 is 0 Å². The molecule has 0 aromatic carbocycles. The van der Waals surface area contributed by atoms with Crippen LogP contribution in [0, 0.1) is 16.7 Å². The van der Waals surface area contributed by atoms with E-state index in [1.807, 2.05) is 6.08 Å². The highest BCUT2D eigenvalue weighted by atomic mass is 16.1. The number of rotatable bonds is 0. The van der Waals surface area contributed by atoms with Gasteiger partial charge < -0.3 is 0 Å². The molecular formula is C14H18O. The van der Waals surface area contributed by atoms with Crippen LogP contribution >= 0.6 is 0 Å². The maximum atomic E-state index is 11.7. The molecule has 0 aliphatic heterocycles. The second-order valence-corrected chi connectivity index (χ2v) is 6.13. The van der Waals surface area contributed by atoms with Gasteiger partial charge in [0.25, 0.3) is 0 Å². The molecule has 2 atom stereocenters. The van der Waals surface area contributed by atoms with Crippen molar-refractivity contribution in [3.05, 3.63) is 23.8 Å². The fourth-order valence-corrected chi connectivity index (χ4v) is 4.14. The van der Waals surface area contributed by atoms with Crippen molar-refractivity contribution in [2.45, 2.75) is 39.5 Å². The summed E-state index contributed by atoms with van der Waals surface area (Å²) in [4.78, 5) is 11.7. The molecule has 15 heavy (non-hydrogen) atoms. The molecule has 0 aromatic rings. The van der Waals surface area contributed by atoms with Gasteiger partial charge in [-0.05, 0) is 47.8 Å². The summed E-state index contributed by atoms with van der Waals surface area (Å²) in [6.45, 7) is 8.72. The zero-order valence-corrected chi connectivity index (χ0v) is 9.60. The number of fused-ring (bicyclic) bond motifs is 1. The summed E-state index contributed by atoms with van der Waals surface area (Å²) < 4.78 is 0. The highest BCUT2D eigenvalue weighted by Gasteiger charge is 2.60. The lowest BCUT2D eigenvalue weighted by Gasteiger charge is -2.47. The topological polar surface area (TPSA) is 17.1 Å². The summed E-state index contributed by atoms with van der Waals surface area (Å²) in [5.74, 6) is 0.968. The summed E-state index contributed by atoms with van der Waals surface area (Å²) >= 11 is 0. The molecule has 0 heterocycles. The summed E-state index contributed by atoms with van der Waals surface area (Å²) in [5.41, 5.74) is 3.01. The van der Waals surface area contributed by atoms with Crippen molar-refractivity contribution in [1.29, 1.82) is 0 Å². The van der Waals surface area contributed by atoms with Gasteiger partial charge in [0.05, 0.1) is 0 Å². The summed E-state index contributed by atoms with van der Waals surface area (Å²) in [6.07, 6.45) is 6.41. The van der Waals surface area contributed by atoms with Crippen molar-refractivity contribution in [3.63, 3.8) is 0 Å². The van der Waals surface area contributed by atoms with E-state index in [-0.39, 0.29) is 5.41 Å². The normalized spacial score (nSPS) is 41.7. The molecule has 3 rings (SSSR count). The molecule has 80 valence electrons. The predicted molar refractivity (Wildman–Crippen MR) is 60.4 cm³/mol. The Kier molecular flexibility index (Phi) is 1.53. The van der Waals surface area contributed by atoms with Gasteiger partial charge in [0.15, 0.2) is 5.78 Å². The van der Waals surface area contributed by atoms with Crippen molar-refractivity contribution in [3.8, 4) is 0 Å². The van der Waals surface area contributed by atoms with Gasteiger partial charge in [0.1, 0.15) is 0 Å². The van der Waals surface area contributed by atoms with Crippen molar-refractivity contribution in [2.75, 3.05) is 0 Å². The largest absolute Gasteiger partial charge is 0.295 e. The predicted octanol–water partition coefficient (Wildman–Crippen LogP) is 3.27. The highest BCUT2D eigenvalue weighted by Crippen LogP contribution is 2.69. The first kappa shape index (κ1) is 9.38. The molecule has 1 nitrogen and oxygen atoms in total. The van der Waals surface area contributed by atoms with E-state index >= 15 is 0 Å². The molecule has 0 N–H and O–H groups in total. The average Bonchev–Trinajstić information content (AvgIpc) is 2.64. The lowest BCUT2D eigenvalue weighted by atomic mass is 9.56. The minimum Gasteiger partial charge on any atom is -0.295 e. The Bertz CT molecular complexity index is 400. The van der Waals surface area contributed by atoms with Crippen molar-refractivity contribution >= 4 is 5.78 Å². The minimum absolute atomic E-state index is 0.141. The molecule has 3 aliphatic carbocycles. The van der Waals surface area contributed by atoms with Crippen LogP contribution in [0.15, 0.2) is 23.8 Å². The molecule has 1 heteroatoms. The second kappa shape index (κ2) is 2.45. The lowest BCUT2D eigenvalue weighted by Crippen LogP contribution is -2.40. The third-order valence-corrected chi connectivity index (χ3v) is 5.09. The van der Waals surface area contributed by atoms with Crippen LogP contribution in [0.5, 0.6) is 0 Å². The average molecular weight is 202 g/mol. The molecule has 0 amide bonds. The number of allylic oxidation sites excluding steroid dienone is 3. The Morgan fingerprint density at radius 2 is 2.20 bits per heavy atom. The fourth-order valence-electron chi connectivity index (χ4n) is 4.14. The van der Waals surface area contributed by atoms with Gasteiger partial charge in [-0.1, -0.05) is 20.4 Å². The van der Waals surface area contributed by atoms with E-state index in [9.17, 15) is 4.79 Å². The molecule has 0 saturated heterocycles. The Balaban J connectivity index is 2.21. The zero-order chi connectivity index (χ0) is 10.8. The molecule has 3 aliphatic rings. The number of carbonyl (C=O) groups excluding carboxylic acids is 1. The van der Waals surface area contributed by atoms with Crippen LogP contribution in [0.4, 0.5) is 0 Å². The minimum atomic E-state index is 0.141. The van der Waals surface area contributed by atoms with E-state index in [1.165, 1.54) is 30.4 Å². The first-order valence-corrected chi connectivity index (χ1v) is 5.90. The zero-order valence-electron chi connectivity index (χ0n) is 9.60. The van der Waals surface area contributed by atoms with Gasteiger partial charge in [-0.25, -0.2) is 0 Å². The maximum Gasteiger partial charge on any atom is 0.156 e. The van der Waals surface area contributed by atoms with Gasteiger partial charge in [-0.3, -0.25) is 4.79 Å². The van der Waals surface area contributed by atoms with Gasteiger partial charge in [-0.2, -0.15) is 0 Å². The van der Waals surface area contributed by atoms with E-state index in [0.717, 1.165) is 6.42 Å². The molecule has 1 spiro atoms. The van der Waals surface area contributed by atoms with Crippen LogP contribution in [-0.4, -0.2) is 5.78 Å². The number of carbonyl (C=O) groups is 1. The molecule has 2 saturated carbocycles. The molecule has 0 radical (unpaired) electrons. The summed E-state index contributed by atoms with van der Waals surface area (Å²) in [5, 5.41) is 0. The van der Waals surface area contributed by atoms with E-state index in [2.05, 4.69) is 20.4 Å². The van der Waals surface area contributed by atoms with Crippen LogP contribution in [0.3, 0.4) is 0 Å². The van der Waals surface area contributed by atoms with Gasteiger partial charge in [0, 0.05) is 11.8 Å². The number of ketones is 1. The second-order valence-electron chi connectivity index (χ2n) is 6.13. The van der Waals surface area contributed by atoms with Crippen molar-refractivity contribution in [2.24, 2.45) is 16.7 Å². The van der Waals surface area contributed by atoms with Gasteiger partial charge in [0.2, 0.25) is 0 Å². The standard InChI is InChI=1S/C14H18O/c1-9-10-4-5-14(7-10)12(9)6-11(15)8-13(14,2)3/h6,10H,1,4-5,7-8H2,2-3H3/t10?,14-/m0/s1. The monoisotopic (exact) mass is 202 g/mol. The number of hydrogen-bond donors (Lipinski definition) is 0. The Hall–Kier alpha value is -0.850. The summed E-state index contributed by atoms with van der Waals surface area (Å²) in [7, 11) is 0. The molecule has 2 bridgehead atoms. The van der Waals surface area contributed by atoms with E-state index in [0.29, 0.717) is 17.1 Å². The smallest absolute Gasteiger partial charge is 0.156 e. The van der Waals surface area contributed by atoms with E-state index in [1.54, 1.807) is 0 Å². The van der Waals surface area contributed by atoms with Crippen molar-refractivity contribution in [1.82, 2.24) is 0 Å². The molecule has 0 aromatic heterocycles. The maximum absolute atomic E-state index is 11.7. The van der Waals surface area contributed by atoms with Crippen LogP contribution in [0.25, 0.3) is 0 Å². The third-order valence-electron chi connectivity index (χ3n) is 5.09. The summed E-state index contributed by atoms with van der Waals surface area (Å²) in [6, 6.07) is 0. The highest BCUT2D eigenvalue weighted by molar-refractivity contribution is 5.93. The van der Waals surface area contributed by atoms with Gasteiger partial charge >= 0.3 is 0 Å². The van der Waals surface area contributed by atoms with Gasteiger partial charge in [-0.15, -0.1) is 0 Å². The molecular weight excluding hydrogens is 184 g/mol. The molecule has 2 fully saturated rings. The fraction of sp³-hybridized carbons (Fsp3) is 0.643. The Labute approximate surface area is 91.2 Å². The Morgan fingerprint density at radius 1 is 1.47 bits per heavy atom.